The second kappa shape index (κ2) is 5.44. The molecule has 5 heteroatoms. The first-order chi connectivity index (χ1) is 8.92. The number of pyridine rings is 1. The molecule has 1 aliphatic rings. The van der Waals surface area contributed by atoms with Gasteiger partial charge >= 0.3 is 0 Å². The van der Waals surface area contributed by atoms with Crippen molar-refractivity contribution in [3.8, 4) is 5.82 Å². The highest BCUT2D eigenvalue weighted by Gasteiger charge is 2.14. The molecule has 94 valence electrons. The number of nitrogens with zero attached hydrogens (tertiary/aromatic N) is 3. The first kappa shape index (κ1) is 11.6. The molecule has 1 aliphatic heterocycles. The highest BCUT2D eigenvalue weighted by atomic mass is 32.2. The van der Waals surface area contributed by atoms with Crippen molar-refractivity contribution in [2.75, 3.05) is 23.4 Å². The molecule has 1 unspecified atom stereocenters. The smallest absolute Gasteiger partial charge is 0.153 e. The standard InChI is InChI=1S/C13H16N4S/c1-5-16-17(6-1)13-3-2-12(9-15-13)14-8-11-4-7-18-10-11/h1-3,5-6,9,11,14H,4,7-8,10H2. The molecular weight excluding hydrogens is 244 g/mol. The van der Waals surface area contributed by atoms with Crippen LogP contribution in [0.1, 0.15) is 6.42 Å². The van der Waals surface area contributed by atoms with Gasteiger partial charge in [-0.05, 0) is 42.0 Å². The van der Waals surface area contributed by atoms with Crippen LogP contribution in [0.4, 0.5) is 5.69 Å². The second-order valence-corrected chi connectivity index (χ2v) is 5.62. The van der Waals surface area contributed by atoms with Gasteiger partial charge in [0, 0.05) is 18.9 Å². The van der Waals surface area contributed by atoms with Gasteiger partial charge in [0.1, 0.15) is 0 Å². The number of thioether (sulfide) groups is 1. The first-order valence-corrected chi connectivity index (χ1v) is 7.35. The normalized spacial score (nSPS) is 19.0. The summed E-state index contributed by atoms with van der Waals surface area (Å²) in [6.07, 6.45) is 6.85. The molecule has 1 fully saturated rings. The SMILES string of the molecule is c1cnn(-c2ccc(NCC3CCSC3)cn2)c1. The van der Waals surface area contributed by atoms with Gasteiger partial charge in [-0.1, -0.05) is 0 Å². The number of nitrogens with one attached hydrogen (secondary N) is 1. The Bertz CT molecular complexity index is 474. The fraction of sp³-hybridized carbons (Fsp3) is 0.385. The van der Waals surface area contributed by atoms with Crippen molar-refractivity contribution in [3.05, 3.63) is 36.8 Å². The lowest BCUT2D eigenvalue weighted by atomic mass is 10.1. The molecular formula is C13H16N4S. The molecule has 0 amide bonds. The van der Waals surface area contributed by atoms with E-state index in [4.69, 9.17) is 0 Å². The molecule has 0 aliphatic carbocycles. The lowest BCUT2D eigenvalue weighted by Gasteiger charge is -2.11. The summed E-state index contributed by atoms with van der Waals surface area (Å²) in [5.41, 5.74) is 1.09. The van der Waals surface area contributed by atoms with Crippen LogP contribution in [0, 0.1) is 5.92 Å². The van der Waals surface area contributed by atoms with Gasteiger partial charge in [-0.2, -0.15) is 16.9 Å². The molecule has 3 heterocycles. The highest BCUT2D eigenvalue weighted by molar-refractivity contribution is 7.99. The predicted molar refractivity (Wildman–Crippen MR) is 75.3 cm³/mol. The van der Waals surface area contributed by atoms with Crippen LogP contribution in [0.3, 0.4) is 0 Å². The number of hydrogen-bond acceptors (Lipinski definition) is 4. The lowest BCUT2D eigenvalue weighted by Crippen LogP contribution is -2.13. The summed E-state index contributed by atoms with van der Waals surface area (Å²) in [4.78, 5) is 4.40. The largest absolute Gasteiger partial charge is 0.383 e. The van der Waals surface area contributed by atoms with Gasteiger partial charge < -0.3 is 5.32 Å². The van der Waals surface area contributed by atoms with Gasteiger partial charge in [0.15, 0.2) is 5.82 Å². The van der Waals surface area contributed by atoms with Crippen molar-refractivity contribution in [1.29, 1.82) is 0 Å². The van der Waals surface area contributed by atoms with Crippen LogP contribution in [0.25, 0.3) is 5.82 Å². The number of rotatable bonds is 4. The molecule has 0 bridgehead atoms. The maximum atomic E-state index is 4.40. The number of hydrogen-bond donors (Lipinski definition) is 1. The van der Waals surface area contributed by atoms with Crippen molar-refractivity contribution in [1.82, 2.24) is 14.8 Å². The fourth-order valence-electron chi connectivity index (χ4n) is 2.04. The van der Waals surface area contributed by atoms with E-state index in [1.54, 1.807) is 10.9 Å². The van der Waals surface area contributed by atoms with Gasteiger partial charge in [0.2, 0.25) is 0 Å². The number of aromatic nitrogens is 3. The van der Waals surface area contributed by atoms with Crippen LogP contribution in [0.15, 0.2) is 36.8 Å². The van der Waals surface area contributed by atoms with Crippen LogP contribution in [0.2, 0.25) is 0 Å². The van der Waals surface area contributed by atoms with E-state index in [0.717, 1.165) is 24.0 Å². The minimum absolute atomic E-state index is 0.806. The minimum atomic E-state index is 0.806. The van der Waals surface area contributed by atoms with Gasteiger partial charge in [0.05, 0.1) is 11.9 Å². The monoisotopic (exact) mass is 260 g/mol. The molecule has 0 radical (unpaired) electrons. The molecule has 3 rings (SSSR count). The summed E-state index contributed by atoms with van der Waals surface area (Å²) in [5.74, 6) is 4.25. The van der Waals surface area contributed by atoms with Gasteiger partial charge in [-0.25, -0.2) is 9.67 Å². The lowest BCUT2D eigenvalue weighted by molar-refractivity contribution is 0.631. The summed E-state index contributed by atoms with van der Waals surface area (Å²) >= 11 is 2.05. The van der Waals surface area contributed by atoms with E-state index in [2.05, 4.69) is 33.2 Å². The molecule has 4 nitrogen and oxygen atoms in total. The Morgan fingerprint density at radius 3 is 3.11 bits per heavy atom. The molecule has 0 aromatic carbocycles. The van der Waals surface area contributed by atoms with Crippen LogP contribution in [0.5, 0.6) is 0 Å². The Labute approximate surface area is 111 Å². The molecule has 18 heavy (non-hydrogen) atoms. The summed E-state index contributed by atoms with van der Waals surface area (Å²) in [7, 11) is 0. The third kappa shape index (κ3) is 2.67. The van der Waals surface area contributed by atoms with Crippen LogP contribution in [-0.2, 0) is 0 Å². The Kier molecular flexibility index (Phi) is 3.50. The van der Waals surface area contributed by atoms with Gasteiger partial charge in [-0.15, -0.1) is 0 Å². The summed E-state index contributed by atoms with van der Waals surface area (Å²) in [6.45, 7) is 1.05. The average Bonchev–Trinajstić information content (AvgIpc) is 3.10. The van der Waals surface area contributed by atoms with Crippen LogP contribution < -0.4 is 5.32 Å². The average molecular weight is 260 g/mol. The van der Waals surface area contributed by atoms with E-state index in [1.165, 1.54) is 17.9 Å². The Morgan fingerprint density at radius 2 is 2.44 bits per heavy atom. The van der Waals surface area contributed by atoms with E-state index >= 15 is 0 Å². The van der Waals surface area contributed by atoms with Crippen molar-refractivity contribution >= 4 is 17.4 Å². The van der Waals surface area contributed by atoms with Crippen molar-refractivity contribution in [2.45, 2.75) is 6.42 Å². The topological polar surface area (TPSA) is 42.7 Å². The Hall–Kier alpha value is -1.49. The van der Waals surface area contributed by atoms with E-state index < -0.39 is 0 Å². The summed E-state index contributed by atoms with van der Waals surface area (Å²) in [5, 5.41) is 7.61. The van der Waals surface area contributed by atoms with Gasteiger partial charge in [-0.3, -0.25) is 0 Å². The molecule has 2 aromatic heterocycles. The zero-order valence-corrected chi connectivity index (χ0v) is 10.9. The molecule has 1 N–H and O–H groups in total. The Morgan fingerprint density at radius 1 is 1.44 bits per heavy atom. The van der Waals surface area contributed by atoms with Gasteiger partial charge in [0.25, 0.3) is 0 Å². The van der Waals surface area contributed by atoms with Crippen LogP contribution in [-0.4, -0.2) is 32.8 Å². The van der Waals surface area contributed by atoms with Crippen molar-refractivity contribution in [2.24, 2.45) is 5.92 Å². The maximum Gasteiger partial charge on any atom is 0.153 e. The molecule has 1 atom stereocenters. The zero-order chi connectivity index (χ0) is 12.2. The molecule has 0 spiro atoms. The first-order valence-electron chi connectivity index (χ1n) is 6.19. The summed E-state index contributed by atoms with van der Waals surface area (Å²) < 4.78 is 1.76. The third-order valence-electron chi connectivity index (χ3n) is 3.11. The van der Waals surface area contributed by atoms with Crippen molar-refractivity contribution in [3.63, 3.8) is 0 Å². The van der Waals surface area contributed by atoms with E-state index in [1.807, 2.05) is 24.5 Å². The highest BCUT2D eigenvalue weighted by Crippen LogP contribution is 2.23. The maximum absolute atomic E-state index is 4.40. The van der Waals surface area contributed by atoms with Crippen molar-refractivity contribution < 1.29 is 0 Å². The molecule has 2 aromatic rings. The summed E-state index contributed by atoms with van der Waals surface area (Å²) in [6, 6.07) is 5.94. The second-order valence-electron chi connectivity index (χ2n) is 4.47. The fourth-order valence-corrected chi connectivity index (χ4v) is 3.32. The zero-order valence-electron chi connectivity index (χ0n) is 10.1. The minimum Gasteiger partial charge on any atom is -0.383 e. The Balaban J connectivity index is 1.60. The van der Waals surface area contributed by atoms with E-state index in [-0.39, 0.29) is 0 Å². The predicted octanol–water partition coefficient (Wildman–Crippen LogP) is 2.43. The molecule has 1 saturated heterocycles. The number of anilines is 1. The quantitative estimate of drug-likeness (QED) is 0.917. The molecule has 0 saturated carbocycles. The third-order valence-corrected chi connectivity index (χ3v) is 4.34. The van der Waals surface area contributed by atoms with E-state index in [9.17, 15) is 0 Å². The van der Waals surface area contributed by atoms with E-state index in [0.29, 0.717) is 0 Å². The van der Waals surface area contributed by atoms with Crippen LogP contribution >= 0.6 is 11.8 Å².